The number of hydrogen-bond donors (Lipinski definition) is 1. The molecule has 1 N–H and O–H groups in total. The molecule has 3 aromatic rings. The van der Waals surface area contributed by atoms with E-state index in [0.717, 1.165) is 14.7 Å². The number of anilines is 1. The van der Waals surface area contributed by atoms with E-state index in [4.69, 9.17) is 21.1 Å². The number of amides is 1. The van der Waals surface area contributed by atoms with E-state index >= 15 is 0 Å². The Morgan fingerprint density at radius 2 is 1.82 bits per heavy atom. The van der Waals surface area contributed by atoms with Gasteiger partial charge in [0.05, 0.1) is 10.7 Å². The molecule has 0 saturated heterocycles. The lowest BCUT2D eigenvalue weighted by atomic mass is 10.1. The predicted molar refractivity (Wildman–Crippen MR) is 144 cm³/mol. The van der Waals surface area contributed by atoms with Crippen molar-refractivity contribution in [3.63, 3.8) is 0 Å². The standard InChI is InChI=1S/C27H24ClIN2O3/c1-16-5-7-19(9-18(16)3)15-34-26-24(29)11-20(12-25(26)33-4)10-21(14-30)27(32)31-22-8-6-17(2)23(28)13-22/h5-13H,15H2,1-4H3,(H,31,32)/b21-10+. The van der Waals surface area contributed by atoms with Gasteiger partial charge in [0, 0.05) is 10.7 Å². The molecule has 0 heterocycles. The number of halogens is 2. The van der Waals surface area contributed by atoms with Crippen molar-refractivity contribution in [2.24, 2.45) is 0 Å². The maximum atomic E-state index is 12.7. The summed E-state index contributed by atoms with van der Waals surface area (Å²) in [5.74, 6) is 0.604. The average Bonchev–Trinajstić information content (AvgIpc) is 2.80. The highest BCUT2D eigenvalue weighted by Gasteiger charge is 2.15. The normalized spacial score (nSPS) is 11.0. The molecule has 0 bridgehead atoms. The molecule has 0 spiro atoms. The summed E-state index contributed by atoms with van der Waals surface area (Å²) in [6.45, 7) is 6.41. The molecule has 0 fully saturated rings. The molecule has 0 radical (unpaired) electrons. The summed E-state index contributed by atoms with van der Waals surface area (Å²) in [6, 6.07) is 17.0. The van der Waals surface area contributed by atoms with Crippen LogP contribution in [0.4, 0.5) is 5.69 Å². The van der Waals surface area contributed by atoms with Gasteiger partial charge < -0.3 is 14.8 Å². The van der Waals surface area contributed by atoms with Crippen LogP contribution < -0.4 is 14.8 Å². The number of nitriles is 1. The highest BCUT2D eigenvalue weighted by atomic mass is 127. The first kappa shape index (κ1) is 25.6. The van der Waals surface area contributed by atoms with Crippen molar-refractivity contribution in [1.29, 1.82) is 5.26 Å². The fourth-order valence-corrected chi connectivity index (χ4v) is 4.16. The largest absolute Gasteiger partial charge is 0.493 e. The number of nitrogens with zero attached hydrogens (tertiary/aromatic N) is 1. The highest BCUT2D eigenvalue weighted by Crippen LogP contribution is 2.35. The number of nitrogens with one attached hydrogen (secondary N) is 1. The Kier molecular flexibility index (Phi) is 8.59. The van der Waals surface area contributed by atoms with Gasteiger partial charge in [0.2, 0.25) is 0 Å². The molecular formula is C27H24ClIN2O3. The minimum absolute atomic E-state index is 0.0432. The van der Waals surface area contributed by atoms with Crippen molar-refractivity contribution in [2.75, 3.05) is 12.4 Å². The molecule has 0 aromatic heterocycles. The Morgan fingerprint density at radius 3 is 2.47 bits per heavy atom. The van der Waals surface area contributed by atoms with Gasteiger partial charge in [0.1, 0.15) is 18.2 Å². The minimum atomic E-state index is -0.522. The molecule has 0 aliphatic carbocycles. The van der Waals surface area contributed by atoms with Crippen molar-refractivity contribution in [1.82, 2.24) is 0 Å². The molecule has 34 heavy (non-hydrogen) atoms. The molecule has 0 atom stereocenters. The van der Waals surface area contributed by atoms with Crippen LogP contribution in [-0.4, -0.2) is 13.0 Å². The minimum Gasteiger partial charge on any atom is -0.493 e. The molecule has 0 unspecified atom stereocenters. The summed E-state index contributed by atoms with van der Waals surface area (Å²) in [4.78, 5) is 12.7. The third-order valence-corrected chi connectivity index (χ3v) is 6.52. The van der Waals surface area contributed by atoms with E-state index in [1.807, 2.05) is 25.1 Å². The molecule has 0 aliphatic heterocycles. The fourth-order valence-electron chi connectivity index (χ4n) is 3.20. The Morgan fingerprint density at radius 1 is 1.09 bits per heavy atom. The van der Waals surface area contributed by atoms with Gasteiger partial charge >= 0.3 is 0 Å². The fraction of sp³-hybridized carbons (Fsp3) is 0.185. The molecule has 1 amide bonds. The van der Waals surface area contributed by atoms with E-state index in [9.17, 15) is 10.1 Å². The van der Waals surface area contributed by atoms with Crippen LogP contribution >= 0.6 is 34.2 Å². The third-order valence-electron chi connectivity index (χ3n) is 5.31. The molecule has 0 saturated carbocycles. The van der Waals surface area contributed by atoms with Crippen LogP contribution in [0.5, 0.6) is 11.5 Å². The summed E-state index contributed by atoms with van der Waals surface area (Å²) in [6.07, 6.45) is 1.52. The number of aryl methyl sites for hydroxylation is 3. The molecule has 174 valence electrons. The Labute approximate surface area is 218 Å². The van der Waals surface area contributed by atoms with Crippen LogP contribution in [-0.2, 0) is 11.4 Å². The number of ether oxygens (including phenoxy) is 2. The van der Waals surface area contributed by atoms with E-state index < -0.39 is 5.91 Å². The summed E-state index contributed by atoms with van der Waals surface area (Å²) in [5.41, 5.74) is 5.52. The van der Waals surface area contributed by atoms with Crippen molar-refractivity contribution in [3.05, 3.63) is 90.5 Å². The second-order valence-corrected chi connectivity index (χ2v) is 9.40. The van der Waals surface area contributed by atoms with Crippen LogP contribution in [0, 0.1) is 35.7 Å². The number of methoxy groups -OCH3 is 1. The summed E-state index contributed by atoms with van der Waals surface area (Å²) in [7, 11) is 1.56. The van der Waals surface area contributed by atoms with Crippen LogP contribution in [0.25, 0.3) is 6.08 Å². The van der Waals surface area contributed by atoms with Gasteiger partial charge in [0.15, 0.2) is 11.5 Å². The average molecular weight is 587 g/mol. The maximum Gasteiger partial charge on any atom is 0.266 e. The molecule has 0 aliphatic rings. The number of benzene rings is 3. The van der Waals surface area contributed by atoms with Crippen molar-refractivity contribution in [3.8, 4) is 17.6 Å². The van der Waals surface area contributed by atoms with E-state index in [2.05, 4.69) is 53.9 Å². The second-order valence-electron chi connectivity index (χ2n) is 7.83. The summed E-state index contributed by atoms with van der Waals surface area (Å²) >= 11 is 8.29. The van der Waals surface area contributed by atoms with E-state index in [0.29, 0.717) is 34.4 Å². The SMILES string of the molecule is COc1cc(/C=C(\C#N)C(=O)Nc2ccc(C)c(Cl)c2)cc(I)c1OCc1ccc(C)c(C)c1. The summed E-state index contributed by atoms with van der Waals surface area (Å²) < 4.78 is 12.4. The Balaban J connectivity index is 1.82. The van der Waals surface area contributed by atoms with Gasteiger partial charge in [-0.2, -0.15) is 5.26 Å². The number of carbonyl (C=O) groups excluding carboxylic acids is 1. The lowest BCUT2D eigenvalue weighted by molar-refractivity contribution is -0.112. The molecule has 3 rings (SSSR count). The zero-order valence-electron chi connectivity index (χ0n) is 19.3. The Hall–Kier alpha value is -3.02. The van der Waals surface area contributed by atoms with E-state index in [-0.39, 0.29) is 5.57 Å². The summed E-state index contributed by atoms with van der Waals surface area (Å²) in [5, 5.41) is 12.8. The van der Waals surface area contributed by atoms with Gasteiger partial charge in [-0.25, -0.2) is 0 Å². The van der Waals surface area contributed by atoms with Crippen LogP contribution in [0.2, 0.25) is 5.02 Å². The van der Waals surface area contributed by atoms with Crippen LogP contribution in [0.3, 0.4) is 0 Å². The smallest absolute Gasteiger partial charge is 0.266 e. The molecule has 7 heteroatoms. The van der Waals surface area contributed by atoms with Crippen molar-refractivity contribution < 1.29 is 14.3 Å². The van der Waals surface area contributed by atoms with Gasteiger partial charge in [-0.3, -0.25) is 4.79 Å². The first-order valence-corrected chi connectivity index (χ1v) is 11.9. The quantitative estimate of drug-likeness (QED) is 0.184. The van der Waals surface area contributed by atoms with Gasteiger partial charge in [-0.15, -0.1) is 0 Å². The van der Waals surface area contributed by atoms with Gasteiger partial charge in [-0.05, 0) is 102 Å². The maximum absolute atomic E-state index is 12.7. The first-order valence-electron chi connectivity index (χ1n) is 10.5. The third kappa shape index (κ3) is 6.31. The monoisotopic (exact) mass is 586 g/mol. The Bertz CT molecular complexity index is 1310. The highest BCUT2D eigenvalue weighted by molar-refractivity contribution is 14.1. The van der Waals surface area contributed by atoms with Crippen LogP contribution in [0.15, 0.2) is 54.1 Å². The number of rotatable bonds is 7. The van der Waals surface area contributed by atoms with Gasteiger partial charge in [-0.1, -0.05) is 35.9 Å². The second kappa shape index (κ2) is 11.4. The van der Waals surface area contributed by atoms with Crippen molar-refractivity contribution in [2.45, 2.75) is 27.4 Å². The number of carbonyl (C=O) groups is 1. The van der Waals surface area contributed by atoms with E-state index in [1.54, 1.807) is 31.4 Å². The predicted octanol–water partition coefficient (Wildman–Crippen LogP) is 7.00. The topological polar surface area (TPSA) is 71.3 Å². The lowest BCUT2D eigenvalue weighted by Crippen LogP contribution is -2.13. The zero-order valence-corrected chi connectivity index (χ0v) is 22.2. The zero-order chi connectivity index (χ0) is 24.8. The number of hydrogen-bond acceptors (Lipinski definition) is 4. The molecule has 3 aromatic carbocycles. The van der Waals surface area contributed by atoms with E-state index in [1.165, 1.54) is 17.2 Å². The molecular weight excluding hydrogens is 563 g/mol. The first-order chi connectivity index (χ1) is 16.2. The van der Waals surface area contributed by atoms with Crippen molar-refractivity contribution >= 4 is 51.9 Å². The lowest BCUT2D eigenvalue weighted by Gasteiger charge is -2.14. The molecule has 5 nitrogen and oxygen atoms in total. The van der Waals surface area contributed by atoms with Crippen LogP contribution in [0.1, 0.15) is 27.8 Å². The van der Waals surface area contributed by atoms with Gasteiger partial charge in [0.25, 0.3) is 5.91 Å².